The van der Waals surface area contributed by atoms with Crippen LogP contribution in [0.15, 0.2) is 27.8 Å². The zero-order valence-electron chi connectivity index (χ0n) is 15.7. The molecule has 2 rings (SSSR count). The Morgan fingerprint density at radius 2 is 2.19 bits per heavy atom. The Morgan fingerprint density at radius 1 is 1.42 bits per heavy atom. The third-order valence-corrected chi connectivity index (χ3v) is 4.26. The van der Waals surface area contributed by atoms with Crippen molar-refractivity contribution in [2.75, 3.05) is 39.9 Å². The molecule has 0 bridgehead atoms. The van der Waals surface area contributed by atoms with Gasteiger partial charge in [0.2, 0.25) is 5.91 Å². The molecule has 0 saturated carbocycles. The number of amides is 1. The van der Waals surface area contributed by atoms with E-state index in [9.17, 15) is 4.79 Å². The van der Waals surface area contributed by atoms with E-state index in [1.54, 1.807) is 13.4 Å². The number of aliphatic imine (C=N–C) groups is 1. The van der Waals surface area contributed by atoms with Crippen LogP contribution < -0.4 is 10.6 Å². The number of likely N-dealkylation sites (tertiary alicyclic amines) is 1. The number of rotatable bonds is 8. The first-order valence-corrected chi connectivity index (χ1v) is 9.07. The zero-order chi connectivity index (χ0) is 17.9. The molecule has 1 aliphatic rings. The highest BCUT2D eigenvalue weighted by Crippen LogP contribution is 2.11. The van der Waals surface area contributed by atoms with Gasteiger partial charge >= 0.3 is 0 Å². The predicted octanol–water partition coefficient (Wildman–Crippen LogP) is 2.02. The molecule has 8 heteroatoms. The third kappa shape index (κ3) is 7.94. The molecule has 1 aromatic rings. The van der Waals surface area contributed by atoms with Crippen molar-refractivity contribution in [2.45, 2.75) is 38.6 Å². The van der Waals surface area contributed by atoms with Crippen LogP contribution in [0.4, 0.5) is 0 Å². The first-order chi connectivity index (χ1) is 12.2. The van der Waals surface area contributed by atoms with Crippen molar-refractivity contribution in [3.05, 3.63) is 24.2 Å². The molecule has 2 heterocycles. The standard InChI is InChI=1S/C18H30N4O3.HI/c1-3-19-18(20-10-6-16-5-4-13-25-16)21-15-7-11-22(12-8-15)17(23)9-14-24-2;/h4-5,13,15H,3,6-12,14H2,1-2H3,(H2,19,20,21);1H. The lowest BCUT2D eigenvalue weighted by Crippen LogP contribution is -2.50. The van der Waals surface area contributed by atoms with Crippen molar-refractivity contribution in [3.8, 4) is 0 Å². The lowest BCUT2D eigenvalue weighted by Gasteiger charge is -2.33. The quantitative estimate of drug-likeness (QED) is 0.340. The molecule has 1 aliphatic heterocycles. The van der Waals surface area contributed by atoms with E-state index in [1.165, 1.54) is 0 Å². The molecule has 0 atom stereocenters. The van der Waals surface area contributed by atoms with Crippen LogP contribution >= 0.6 is 24.0 Å². The van der Waals surface area contributed by atoms with E-state index in [2.05, 4.69) is 22.5 Å². The molecule has 0 aliphatic carbocycles. The van der Waals surface area contributed by atoms with E-state index in [-0.39, 0.29) is 29.9 Å². The lowest BCUT2D eigenvalue weighted by molar-refractivity contribution is -0.133. The number of piperidine rings is 1. The van der Waals surface area contributed by atoms with E-state index in [1.807, 2.05) is 17.0 Å². The Balaban J connectivity index is 0.00000338. The summed E-state index contributed by atoms with van der Waals surface area (Å²) >= 11 is 0. The number of ether oxygens (including phenoxy) is 1. The summed E-state index contributed by atoms with van der Waals surface area (Å²) in [6, 6.07) is 4.20. The van der Waals surface area contributed by atoms with E-state index >= 15 is 0 Å². The number of halogens is 1. The Morgan fingerprint density at radius 3 is 2.81 bits per heavy atom. The Kier molecular flexibility index (Phi) is 11.3. The number of nitrogens with one attached hydrogen (secondary N) is 2. The summed E-state index contributed by atoms with van der Waals surface area (Å²) in [6.07, 6.45) is 4.80. The molecule has 1 saturated heterocycles. The minimum absolute atomic E-state index is 0. The van der Waals surface area contributed by atoms with Crippen LogP contribution in [0, 0.1) is 0 Å². The SMILES string of the molecule is CCNC(=NCCc1ccco1)NC1CCN(C(=O)CCOC)CC1.I. The smallest absolute Gasteiger partial charge is 0.224 e. The van der Waals surface area contributed by atoms with Crippen LogP contribution in [0.5, 0.6) is 0 Å². The van der Waals surface area contributed by atoms with Gasteiger partial charge < -0.3 is 24.7 Å². The average Bonchev–Trinajstić information content (AvgIpc) is 3.14. The number of guanidine groups is 1. The first kappa shape index (κ1) is 22.8. The Labute approximate surface area is 173 Å². The molecule has 1 fully saturated rings. The van der Waals surface area contributed by atoms with Gasteiger partial charge in [-0.3, -0.25) is 9.79 Å². The van der Waals surface area contributed by atoms with Gasteiger partial charge in [-0.2, -0.15) is 0 Å². The largest absolute Gasteiger partial charge is 0.469 e. The molecule has 0 radical (unpaired) electrons. The molecule has 1 amide bonds. The number of methoxy groups -OCH3 is 1. The summed E-state index contributed by atoms with van der Waals surface area (Å²) < 4.78 is 10.3. The molecule has 7 nitrogen and oxygen atoms in total. The van der Waals surface area contributed by atoms with Gasteiger partial charge in [0, 0.05) is 45.8 Å². The Bertz CT molecular complexity index is 529. The number of carbonyl (C=O) groups excluding carboxylic acids is 1. The summed E-state index contributed by atoms with van der Waals surface area (Å²) in [4.78, 5) is 18.6. The first-order valence-electron chi connectivity index (χ1n) is 9.07. The van der Waals surface area contributed by atoms with Gasteiger partial charge in [0.15, 0.2) is 5.96 Å². The van der Waals surface area contributed by atoms with Crippen molar-refractivity contribution >= 4 is 35.8 Å². The van der Waals surface area contributed by atoms with Crippen molar-refractivity contribution < 1.29 is 13.9 Å². The second-order valence-electron chi connectivity index (χ2n) is 6.13. The van der Waals surface area contributed by atoms with E-state index < -0.39 is 0 Å². The van der Waals surface area contributed by atoms with Crippen molar-refractivity contribution in [2.24, 2.45) is 4.99 Å². The average molecular weight is 478 g/mol. The van der Waals surface area contributed by atoms with Crippen molar-refractivity contribution in [1.82, 2.24) is 15.5 Å². The second kappa shape index (κ2) is 13.0. The van der Waals surface area contributed by atoms with E-state index in [4.69, 9.17) is 9.15 Å². The van der Waals surface area contributed by atoms with Gasteiger partial charge in [0.1, 0.15) is 5.76 Å². The monoisotopic (exact) mass is 478 g/mol. The molecule has 2 N–H and O–H groups in total. The van der Waals surface area contributed by atoms with Crippen LogP contribution in [0.25, 0.3) is 0 Å². The normalized spacial score (nSPS) is 15.5. The van der Waals surface area contributed by atoms with Gasteiger partial charge in [-0.05, 0) is 31.9 Å². The Hall–Kier alpha value is -1.29. The summed E-state index contributed by atoms with van der Waals surface area (Å²) in [5, 5.41) is 6.77. The van der Waals surface area contributed by atoms with Gasteiger partial charge in [-0.15, -0.1) is 24.0 Å². The number of carbonyl (C=O) groups is 1. The van der Waals surface area contributed by atoms with Crippen LogP contribution in [-0.4, -0.2) is 62.7 Å². The zero-order valence-corrected chi connectivity index (χ0v) is 18.0. The highest BCUT2D eigenvalue weighted by molar-refractivity contribution is 14.0. The number of nitrogens with zero attached hydrogens (tertiary/aromatic N) is 2. The van der Waals surface area contributed by atoms with Gasteiger partial charge in [0.25, 0.3) is 0 Å². The molecular weight excluding hydrogens is 447 g/mol. The molecule has 0 unspecified atom stereocenters. The molecule has 1 aromatic heterocycles. The predicted molar refractivity (Wildman–Crippen MR) is 113 cm³/mol. The van der Waals surface area contributed by atoms with E-state index in [0.29, 0.717) is 25.6 Å². The molecule has 0 aromatic carbocycles. The van der Waals surface area contributed by atoms with Crippen molar-refractivity contribution in [3.63, 3.8) is 0 Å². The fourth-order valence-corrected chi connectivity index (χ4v) is 2.87. The lowest BCUT2D eigenvalue weighted by atomic mass is 10.0. The fraction of sp³-hybridized carbons (Fsp3) is 0.667. The van der Waals surface area contributed by atoms with Crippen molar-refractivity contribution in [1.29, 1.82) is 0 Å². The molecular formula is C18H31IN4O3. The number of hydrogen-bond donors (Lipinski definition) is 2. The van der Waals surface area contributed by atoms with Crippen LogP contribution in [0.3, 0.4) is 0 Å². The molecule has 148 valence electrons. The number of furan rings is 1. The molecule has 0 spiro atoms. The maximum absolute atomic E-state index is 12.0. The topological polar surface area (TPSA) is 79.1 Å². The maximum atomic E-state index is 12.0. The second-order valence-corrected chi connectivity index (χ2v) is 6.13. The van der Waals surface area contributed by atoms with Crippen LogP contribution in [0.2, 0.25) is 0 Å². The third-order valence-electron chi connectivity index (χ3n) is 4.26. The van der Waals surface area contributed by atoms with E-state index in [0.717, 1.165) is 50.6 Å². The summed E-state index contributed by atoms with van der Waals surface area (Å²) in [5.41, 5.74) is 0. The van der Waals surface area contributed by atoms with Crippen LogP contribution in [-0.2, 0) is 16.0 Å². The van der Waals surface area contributed by atoms with Crippen LogP contribution in [0.1, 0.15) is 31.9 Å². The highest BCUT2D eigenvalue weighted by atomic mass is 127. The van der Waals surface area contributed by atoms with Gasteiger partial charge in [-0.25, -0.2) is 0 Å². The minimum Gasteiger partial charge on any atom is -0.469 e. The highest BCUT2D eigenvalue weighted by Gasteiger charge is 2.23. The molecule has 26 heavy (non-hydrogen) atoms. The summed E-state index contributed by atoms with van der Waals surface area (Å²) in [7, 11) is 1.62. The van der Waals surface area contributed by atoms with Gasteiger partial charge in [0.05, 0.1) is 19.3 Å². The summed E-state index contributed by atoms with van der Waals surface area (Å²) in [6.45, 7) is 5.61. The number of hydrogen-bond acceptors (Lipinski definition) is 4. The summed E-state index contributed by atoms with van der Waals surface area (Å²) in [5.74, 6) is 1.96. The minimum atomic E-state index is 0. The fourth-order valence-electron chi connectivity index (χ4n) is 2.87. The maximum Gasteiger partial charge on any atom is 0.224 e. The van der Waals surface area contributed by atoms with Gasteiger partial charge in [-0.1, -0.05) is 0 Å².